The number of nitrogens with one attached hydrogen (secondary N) is 2. The molecule has 0 aliphatic heterocycles. The number of ether oxygens (including phenoxy) is 2. The van der Waals surface area contributed by atoms with E-state index >= 15 is 0 Å². The van der Waals surface area contributed by atoms with Gasteiger partial charge in [0.25, 0.3) is 5.91 Å². The molecule has 1 unspecified atom stereocenters. The summed E-state index contributed by atoms with van der Waals surface area (Å²) in [4.78, 5) is 33.1. The lowest BCUT2D eigenvalue weighted by molar-refractivity contribution is -0.124. The van der Waals surface area contributed by atoms with Crippen molar-refractivity contribution >= 4 is 44.5 Å². The highest BCUT2D eigenvalue weighted by Crippen LogP contribution is 2.24. The zero-order valence-electron chi connectivity index (χ0n) is 18.1. The normalized spacial score (nSPS) is 11.7. The molecule has 1 heterocycles. The molecule has 0 bridgehead atoms. The van der Waals surface area contributed by atoms with Crippen molar-refractivity contribution in [2.24, 2.45) is 0 Å². The Balaban J connectivity index is 1.48. The predicted octanol–water partition coefficient (Wildman–Crippen LogP) is 5.58. The average Bonchev–Trinajstić information content (AvgIpc) is 3.27. The van der Waals surface area contributed by atoms with Crippen LogP contribution in [0.25, 0.3) is 22.4 Å². The number of benzene rings is 3. The zero-order chi connectivity index (χ0) is 23.4. The first-order valence-electron chi connectivity index (χ1n) is 10.4. The maximum absolute atomic E-state index is 12.7. The molecule has 0 saturated heterocycles. The Bertz CT molecular complexity index is 1280. The topological polar surface area (TPSA) is 93.3 Å². The molecule has 0 fully saturated rings. The SMILES string of the molecule is CCC(OC(=O)c1ccc2nc(-c3ccc(OC)cc3)[nH]c2c1)C(=O)Nc1ccc(Br)cc1. The third kappa shape index (κ3) is 5.23. The van der Waals surface area contributed by atoms with Gasteiger partial charge in [0.2, 0.25) is 0 Å². The van der Waals surface area contributed by atoms with Crippen LogP contribution in [-0.2, 0) is 9.53 Å². The molecule has 4 rings (SSSR count). The molecule has 168 valence electrons. The maximum atomic E-state index is 12.7. The first-order chi connectivity index (χ1) is 16.0. The van der Waals surface area contributed by atoms with Crippen molar-refractivity contribution < 1.29 is 19.1 Å². The number of aromatic nitrogens is 2. The van der Waals surface area contributed by atoms with Crippen molar-refractivity contribution in [2.45, 2.75) is 19.4 Å². The van der Waals surface area contributed by atoms with Crippen molar-refractivity contribution in [2.75, 3.05) is 12.4 Å². The summed E-state index contributed by atoms with van der Waals surface area (Å²) in [6.45, 7) is 1.79. The van der Waals surface area contributed by atoms with Gasteiger partial charge in [-0.05, 0) is 73.2 Å². The van der Waals surface area contributed by atoms with E-state index in [0.29, 0.717) is 29.0 Å². The smallest absolute Gasteiger partial charge is 0.338 e. The summed E-state index contributed by atoms with van der Waals surface area (Å²) in [5.74, 6) is 0.487. The van der Waals surface area contributed by atoms with Crippen LogP contribution in [0.1, 0.15) is 23.7 Å². The van der Waals surface area contributed by atoms with Crippen LogP contribution in [0.4, 0.5) is 5.69 Å². The Hall–Kier alpha value is -3.65. The van der Waals surface area contributed by atoms with Crippen LogP contribution in [0.15, 0.2) is 71.2 Å². The number of carbonyl (C=O) groups excluding carboxylic acids is 2. The summed E-state index contributed by atoms with van der Waals surface area (Å²) in [6, 6.07) is 19.8. The van der Waals surface area contributed by atoms with E-state index in [1.165, 1.54) is 0 Å². The summed E-state index contributed by atoms with van der Waals surface area (Å²) < 4.78 is 11.6. The number of H-pyrrole nitrogens is 1. The van der Waals surface area contributed by atoms with Gasteiger partial charge in [0.05, 0.1) is 23.7 Å². The predicted molar refractivity (Wildman–Crippen MR) is 130 cm³/mol. The molecular weight excluding hydrogens is 486 g/mol. The third-order valence-corrected chi connectivity index (χ3v) is 5.63. The molecule has 0 radical (unpaired) electrons. The van der Waals surface area contributed by atoms with Gasteiger partial charge in [-0.2, -0.15) is 0 Å². The highest BCUT2D eigenvalue weighted by Gasteiger charge is 2.22. The van der Waals surface area contributed by atoms with Crippen molar-refractivity contribution in [3.8, 4) is 17.1 Å². The standard InChI is InChI=1S/C25H22BrN3O4/c1-3-22(24(30)27-18-9-7-17(26)8-10-18)33-25(31)16-6-13-20-21(14-16)29-23(28-20)15-4-11-19(32-2)12-5-15/h4-14,22H,3H2,1-2H3,(H,27,30)(H,28,29). The zero-order valence-corrected chi connectivity index (χ0v) is 19.7. The molecule has 0 aliphatic rings. The van der Waals surface area contributed by atoms with Crippen LogP contribution in [0.5, 0.6) is 5.75 Å². The van der Waals surface area contributed by atoms with Gasteiger partial charge in [-0.15, -0.1) is 0 Å². The van der Waals surface area contributed by atoms with Crippen LogP contribution in [0.3, 0.4) is 0 Å². The van der Waals surface area contributed by atoms with Crippen LogP contribution in [0, 0.1) is 0 Å². The minimum atomic E-state index is -0.909. The van der Waals surface area contributed by atoms with Crippen molar-refractivity contribution in [3.05, 3.63) is 76.8 Å². The number of carbonyl (C=O) groups is 2. The molecule has 2 N–H and O–H groups in total. The molecule has 1 aromatic heterocycles. The van der Waals surface area contributed by atoms with Gasteiger partial charge in [-0.25, -0.2) is 9.78 Å². The maximum Gasteiger partial charge on any atom is 0.338 e. The molecular formula is C25H22BrN3O4. The number of fused-ring (bicyclic) bond motifs is 1. The van der Waals surface area contributed by atoms with Gasteiger partial charge in [-0.1, -0.05) is 22.9 Å². The third-order valence-electron chi connectivity index (χ3n) is 5.11. The molecule has 1 atom stereocenters. The fourth-order valence-corrected chi connectivity index (χ4v) is 3.56. The fraction of sp³-hybridized carbons (Fsp3) is 0.160. The Labute approximate surface area is 199 Å². The number of nitrogens with zero attached hydrogens (tertiary/aromatic N) is 1. The fourth-order valence-electron chi connectivity index (χ4n) is 3.30. The number of methoxy groups -OCH3 is 1. The first kappa shape index (κ1) is 22.5. The van der Waals surface area contributed by atoms with Crippen LogP contribution in [-0.4, -0.2) is 35.1 Å². The van der Waals surface area contributed by atoms with E-state index in [2.05, 4.69) is 31.2 Å². The largest absolute Gasteiger partial charge is 0.497 e. The van der Waals surface area contributed by atoms with Crippen molar-refractivity contribution in [1.29, 1.82) is 0 Å². The number of rotatable bonds is 7. The number of hydrogen-bond donors (Lipinski definition) is 2. The second-order valence-electron chi connectivity index (χ2n) is 7.34. The minimum absolute atomic E-state index is 0.335. The number of aromatic amines is 1. The number of halogens is 1. The van der Waals surface area contributed by atoms with Crippen molar-refractivity contribution in [3.63, 3.8) is 0 Å². The molecule has 0 saturated carbocycles. The lowest BCUT2D eigenvalue weighted by Crippen LogP contribution is -2.32. The van der Waals surface area contributed by atoms with E-state index in [1.54, 1.807) is 44.4 Å². The summed E-state index contributed by atoms with van der Waals surface area (Å²) in [5.41, 5.74) is 3.27. The van der Waals surface area contributed by atoms with Gasteiger partial charge < -0.3 is 19.8 Å². The number of anilines is 1. The van der Waals surface area contributed by atoms with Crippen LogP contribution >= 0.6 is 15.9 Å². The Kier molecular flexibility index (Phi) is 6.74. The number of hydrogen-bond acceptors (Lipinski definition) is 5. The van der Waals surface area contributed by atoms with Gasteiger partial charge >= 0.3 is 5.97 Å². The highest BCUT2D eigenvalue weighted by atomic mass is 79.9. The summed E-state index contributed by atoms with van der Waals surface area (Å²) >= 11 is 3.36. The lowest BCUT2D eigenvalue weighted by Gasteiger charge is -2.16. The molecule has 0 aliphatic carbocycles. The van der Waals surface area contributed by atoms with Crippen LogP contribution < -0.4 is 10.1 Å². The Morgan fingerprint density at radius 1 is 1.06 bits per heavy atom. The van der Waals surface area contributed by atoms with E-state index in [4.69, 9.17) is 9.47 Å². The quantitative estimate of drug-likeness (QED) is 0.318. The number of imidazole rings is 1. The number of amides is 1. The van der Waals surface area contributed by atoms with Crippen LogP contribution in [0.2, 0.25) is 0 Å². The van der Waals surface area contributed by atoms with E-state index in [0.717, 1.165) is 21.3 Å². The monoisotopic (exact) mass is 507 g/mol. The minimum Gasteiger partial charge on any atom is -0.497 e. The van der Waals surface area contributed by atoms with Gasteiger partial charge in [0.1, 0.15) is 11.6 Å². The molecule has 3 aromatic carbocycles. The van der Waals surface area contributed by atoms with Gasteiger partial charge in [0, 0.05) is 15.7 Å². The molecule has 1 amide bonds. The van der Waals surface area contributed by atoms with Gasteiger partial charge in [0.15, 0.2) is 6.10 Å². The average molecular weight is 508 g/mol. The van der Waals surface area contributed by atoms with E-state index in [9.17, 15) is 9.59 Å². The van der Waals surface area contributed by atoms with Crippen molar-refractivity contribution in [1.82, 2.24) is 9.97 Å². The lowest BCUT2D eigenvalue weighted by atomic mass is 10.2. The Morgan fingerprint density at radius 3 is 2.45 bits per heavy atom. The molecule has 4 aromatic rings. The molecule has 0 spiro atoms. The molecule has 33 heavy (non-hydrogen) atoms. The van der Waals surface area contributed by atoms with Gasteiger partial charge in [-0.3, -0.25) is 4.79 Å². The summed E-state index contributed by atoms with van der Waals surface area (Å²) in [5, 5.41) is 2.77. The van der Waals surface area contributed by atoms with E-state index in [1.807, 2.05) is 36.4 Å². The first-order valence-corrected chi connectivity index (χ1v) is 11.2. The second-order valence-corrected chi connectivity index (χ2v) is 8.26. The summed E-state index contributed by atoms with van der Waals surface area (Å²) in [7, 11) is 1.62. The molecule has 7 nitrogen and oxygen atoms in total. The molecule has 8 heteroatoms. The summed E-state index contributed by atoms with van der Waals surface area (Å²) in [6.07, 6.45) is -0.560. The highest BCUT2D eigenvalue weighted by molar-refractivity contribution is 9.10. The number of esters is 1. The Morgan fingerprint density at radius 2 is 1.79 bits per heavy atom. The van der Waals surface area contributed by atoms with E-state index < -0.39 is 12.1 Å². The van der Waals surface area contributed by atoms with E-state index in [-0.39, 0.29) is 5.91 Å². The second kappa shape index (κ2) is 9.87.